The van der Waals surface area contributed by atoms with Crippen LogP contribution in [0.4, 0.5) is 11.4 Å². The molecule has 202 valence electrons. The second-order valence-corrected chi connectivity index (χ2v) is 9.48. The SMILES string of the molecule is CCCCCOc1ccc(NC(=O)C(=O)Nn2c(C(=O)Nc3ccc(CC)cc3)cc3cc(Cl)ccc32)cc1. The summed E-state index contributed by atoms with van der Waals surface area (Å²) in [6.45, 7) is 4.80. The van der Waals surface area contributed by atoms with Gasteiger partial charge in [-0.3, -0.25) is 19.8 Å². The van der Waals surface area contributed by atoms with Crippen LogP contribution in [0.5, 0.6) is 5.75 Å². The first-order valence-electron chi connectivity index (χ1n) is 12.9. The maximum absolute atomic E-state index is 13.2. The molecule has 9 heteroatoms. The van der Waals surface area contributed by atoms with E-state index in [0.717, 1.165) is 31.2 Å². The van der Waals surface area contributed by atoms with Crippen molar-refractivity contribution in [2.24, 2.45) is 0 Å². The van der Waals surface area contributed by atoms with Gasteiger partial charge in [-0.2, -0.15) is 0 Å². The number of carbonyl (C=O) groups excluding carboxylic acids is 3. The molecule has 3 N–H and O–H groups in total. The number of fused-ring (bicyclic) bond motifs is 1. The van der Waals surface area contributed by atoms with Crippen LogP contribution in [0.15, 0.2) is 72.8 Å². The summed E-state index contributed by atoms with van der Waals surface area (Å²) in [6.07, 6.45) is 4.07. The molecule has 0 saturated carbocycles. The molecule has 0 unspecified atom stereocenters. The minimum atomic E-state index is -0.941. The molecule has 3 amide bonds. The van der Waals surface area contributed by atoms with Crippen molar-refractivity contribution in [3.8, 4) is 5.75 Å². The lowest BCUT2D eigenvalue weighted by Gasteiger charge is -2.13. The highest BCUT2D eigenvalue weighted by Crippen LogP contribution is 2.24. The molecule has 39 heavy (non-hydrogen) atoms. The number of hydrogen-bond donors (Lipinski definition) is 3. The number of amides is 3. The summed E-state index contributed by atoms with van der Waals surface area (Å²) in [5, 5.41) is 6.52. The van der Waals surface area contributed by atoms with E-state index in [1.165, 1.54) is 4.68 Å². The molecule has 0 spiro atoms. The first kappa shape index (κ1) is 27.7. The Bertz CT molecular complexity index is 1460. The Morgan fingerprint density at radius 2 is 1.51 bits per heavy atom. The summed E-state index contributed by atoms with van der Waals surface area (Å²) in [6, 6.07) is 20.9. The van der Waals surface area contributed by atoms with Crippen LogP contribution < -0.4 is 20.8 Å². The zero-order valence-corrected chi connectivity index (χ0v) is 22.7. The average molecular weight is 547 g/mol. The topological polar surface area (TPSA) is 101 Å². The van der Waals surface area contributed by atoms with Crippen LogP contribution in [0.1, 0.15) is 49.2 Å². The van der Waals surface area contributed by atoms with Gasteiger partial charge < -0.3 is 15.4 Å². The van der Waals surface area contributed by atoms with Gasteiger partial charge in [-0.15, -0.1) is 0 Å². The predicted octanol–water partition coefficient (Wildman–Crippen LogP) is 6.39. The molecule has 1 heterocycles. The van der Waals surface area contributed by atoms with E-state index < -0.39 is 17.7 Å². The van der Waals surface area contributed by atoms with Crippen LogP contribution in [-0.4, -0.2) is 29.0 Å². The maximum Gasteiger partial charge on any atom is 0.328 e. The third-order valence-corrected chi connectivity index (χ3v) is 6.40. The summed E-state index contributed by atoms with van der Waals surface area (Å²) in [7, 11) is 0. The molecule has 0 bridgehead atoms. The molecule has 3 aromatic carbocycles. The molecule has 0 saturated heterocycles. The molecule has 0 radical (unpaired) electrons. The number of ether oxygens (including phenoxy) is 1. The van der Waals surface area contributed by atoms with Gasteiger partial charge in [0.15, 0.2) is 0 Å². The van der Waals surface area contributed by atoms with E-state index >= 15 is 0 Å². The van der Waals surface area contributed by atoms with E-state index in [-0.39, 0.29) is 5.69 Å². The van der Waals surface area contributed by atoms with Gasteiger partial charge in [-0.1, -0.05) is 50.4 Å². The van der Waals surface area contributed by atoms with Crippen molar-refractivity contribution < 1.29 is 19.1 Å². The van der Waals surface area contributed by atoms with Crippen molar-refractivity contribution in [3.05, 3.63) is 89.1 Å². The zero-order valence-electron chi connectivity index (χ0n) is 21.9. The van der Waals surface area contributed by atoms with Gasteiger partial charge in [0.25, 0.3) is 5.91 Å². The third kappa shape index (κ3) is 7.18. The van der Waals surface area contributed by atoms with Gasteiger partial charge in [-0.05, 0) is 79.1 Å². The molecule has 4 aromatic rings. The minimum absolute atomic E-state index is 0.137. The van der Waals surface area contributed by atoms with Gasteiger partial charge in [0, 0.05) is 21.8 Å². The second kappa shape index (κ2) is 13.0. The van der Waals surface area contributed by atoms with Crippen molar-refractivity contribution in [3.63, 3.8) is 0 Å². The number of benzene rings is 3. The third-order valence-electron chi connectivity index (χ3n) is 6.16. The molecular weight excluding hydrogens is 516 g/mol. The number of nitrogens with zero attached hydrogens (tertiary/aromatic N) is 1. The van der Waals surface area contributed by atoms with Crippen molar-refractivity contribution in [2.75, 3.05) is 22.7 Å². The standard InChI is InChI=1S/C30H31ClN4O4/c1-3-5-6-17-39-25-14-12-24(13-15-25)33-29(37)30(38)34-35-26-16-9-22(31)18-21(26)19-27(35)28(36)32-23-10-7-20(4-2)8-11-23/h7-16,18-19H,3-6,17H2,1-2H3,(H,32,36)(H,33,37)(H,34,38). The normalized spacial score (nSPS) is 10.7. The summed E-state index contributed by atoms with van der Waals surface area (Å²) in [5.74, 6) is -1.60. The minimum Gasteiger partial charge on any atom is -0.494 e. The van der Waals surface area contributed by atoms with E-state index in [4.69, 9.17) is 16.3 Å². The quantitative estimate of drug-likeness (QED) is 0.158. The Balaban J connectivity index is 1.48. The van der Waals surface area contributed by atoms with Gasteiger partial charge in [-0.25, -0.2) is 4.68 Å². The molecule has 0 aliphatic rings. The number of aromatic nitrogens is 1. The van der Waals surface area contributed by atoms with Crippen molar-refractivity contribution in [1.29, 1.82) is 0 Å². The van der Waals surface area contributed by atoms with Gasteiger partial charge in [0.2, 0.25) is 0 Å². The molecule has 8 nitrogen and oxygen atoms in total. The van der Waals surface area contributed by atoms with Gasteiger partial charge >= 0.3 is 11.8 Å². The Morgan fingerprint density at radius 1 is 0.821 bits per heavy atom. The highest BCUT2D eigenvalue weighted by atomic mass is 35.5. The highest BCUT2D eigenvalue weighted by Gasteiger charge is 2.21. The van der Waals surface area contributed by atoms with Crippen molar-refractivity contribution in [2.45, 2.75) is 39.5 Å². The lowest BCUT2D eigenvalue weighted by molar-refractivity contribution is -0.133. The monoisotopic (exact) mass is 546 g/mol. The number of anilines is 2. The van der Waals surface area contributed by atoms with Crippen LogP contribution in [0.3, 0.4) is 0 Å². The van der Waals surface area contributed by atoms with Crippen LogP contribution >= 0.6 is 11.6 Å². The number of carbonyl (C=O) groups is 3. The van der Waals surface area contributed by atoms with Crippen LogP contribution in [-0.2, 0) is 16.0 Å². The Labute approximate surface area is 232 Å². The summed E-state index contributed by atoms with van der Waals surface area (Å²) in [4.78, 5) is 38.8. The highest BCUT2D eigenvalue weighted by molar-refractivity contribution is 6.42. The Hall–Kier alpha value is -4.30. The number of aryl methyl sites for hydroxylation is 1. The maximum atomic E-state index is 13.2. The number of unbranched alkanes of at least 4 members (excludes halogenated alkanes) is 2. The summed E-state index contributed by atoms with van der Waals surface area (Å²) >= 11 is 6.15. The number of rotatable bonds is 10. The first-order valence-corrected chi connectivity index (χ1v) is 13.3. The molecule has 0 aliphatic heterocycles. The van der Waals surface area contributed by atoms with Gasteiger partial charge in [0.05, 0.1) is 12.1 Å². The lowest BCUT2D eigenvalue weighted by atomic mass is 10.1. The van der Waals surface area contributed by atoms with E-state index in [9.17, 15) is 14.4 Å². The fourth-order valence-corrected chi connectivity index (χ4v) is 4.19. The lowest BCUT2D eigenvalue weighted by Crippen LogP contribution is -2.36. The molecule has 0 atom stereocenters. The summed E-state index contributed by atoms with van der Waals surface area (Å²) in [5.41, 5.74) is 5.38. The largest absolute Gasteiger partial charge is 0.494 e. The van der Waals surface area contributed by atoms with E-state index in [1.807, 2.05) is 24.3 Å². The Kier molecular flexibility index (Phi) is 9.22. The van der Waals surface area contributed by atoms with Crippen LogP contribution in [0.25, 0.3) is 10.9 Å². The van der Waals surface area contributed by atoms with Crippen molar-refractivity contribution >= 4 is 51.6 Å². The molecular formula is C30H31ClN4O4. The fraction of sp³-hybridized carbons (Fsp3) is 0.233. The number of nitrogens with one attached hydrogen (secondary N) is 3. The molecule has 0 aliphatic carbocycles. The average Bonchev–Trinajstić information content (AvgIpc) is 3.29. The first-order chi connectivity index (χ1) is 18.9. The van der Waals surface area contributed by atoms with Gasteiger partial charge in [0.1, 0.15) is 11.4 Å². The predicted molar refractivity (Wildman–Crippen MR) is 155 cm³/mol. The second-order valence-electron chi connectivity index (χ2n) is 9.05. The summed E-state index contributed by atoms with van der Waals surface area (Å²) < 4.78 is 6.97. The van der Waals surface area contributed by atoms with E-state index in [1.54, 1.807) is 48.5 Å². The van der Waals surface area contributed by atoms with E-state index in [0.29, 0.717) is 39.7 Å². The Morgan fingerprint density at radius 3 is 2.21 bits per heavy atom. The van der Waals surface area contributed by atoms with Crippen LogP contribution in [0, 0.1) is 0 Å². The fourth-order valence-electron chi connectivity index (χ4n) is 4.01. The van der Waals surface area contributed by atoms with Crippen LogP contribution in [0.2, 0.25) is 5.02 Å². The molecule has 1 aromatic heterocycles. The van der Waals surface area contributed by atoms with E-state index in [2.05, 4.69) is 29.9 Å². The molecule has 4 rings (SSSR count). The van der Waals surface area contributed by atoms with Crippen molar-refractivity contribution in [1.82, 2.24) is 4.68 Å². The number of halogens is 1. The molecule has 0 fully saturated rings. The smallest absolute Gasteiger partial charge is 0.328 e. The zero-order chi connectivity index (χ0) is 27.8. The number of hydrogen-bond acceptors (Lipinski definition) is 4.